The van der Waals surface area contributed by atoms with Crippen LogP contribution < -0.4 is 5.73 Å². The van der Waals surface area contributed by atoms with Crippen molar-refractivity contribution in [3.05, 3.63) is 28.7 Å². The second-order valence-electron chi connectivity index (χ2n) is 3.11. The number of halogens is 1. The van der Waals surface area contributed by atoms with E-state index in [0.29, 0.717) is 10.7 Å². The molecule has 0 amide bonds. The molecule has 80 valence electrons. The number of nitrogens with zero attached hydrogens (tertiary/aromatic N) is 5. The fourth-order valence-corrected chi connectivity index (χ4v) is 1.31. The van der Waals surface area contributed by atoms with E-state index in [4.69, 9.17) is 22.6 Å². The van der Waals surface area contributed by atoms with E-state index in [0.717, 1.165) is 0 Å². The molecule has 0 unspecified atom stereocenters. The summed E-state index contributed by atoms with van der Waals surface area (Å²) in [6.45, 7) is 1.76. The first kappa shape index (κ1) is 10.4. The number of aryl methyl sites for hydroxylation is 1. The monoisotopic (exact) mass is 234 g/mol. The first-order chi connectivity index (χ1) is 7.60. The lowest BCUT2D eigenvalue weighted by Crippen LogP contribution is -2.05. The summed E-state index contributed by atoms with van der Waals surface area (Å²) in [4.78, 5) is 8.12. The van der Waals surface area contributed by atoms with E-state index in [-0.39, 0.29) is 17.5 Å². The van der Waals surface area contributed by atoms with E-state index in [1.54, 1.807) is 13.0 Å². The molecule has 6 nitrogen and oxygen atoms in total. The van der Waals surface area contributed by atoms with Gasteiger partial charge < -0.3 is 5.73 Å². The van der Waals surface area contributed by atoms with Crippen molar-refractivity contribution in [3.8, 4) is 12.0 Å². The summed E-state index contributed by atoms with van der Waals surface area (Å²) in [6, 6.07) is 3.52. The minimum Gasteiger partial charge on any atom is -0.381 e. The van der Waals surface area contributed by atoms with Gasteiger partial charge in [-0.3, -0.25) is 0 Å². The van der Waals surface area contributed by atoms with E-state index in [1.165, 1.54) is 10.9 Å². The Morgan fingerprint density at radius 1 is 1.50 bits per heavy atom. The van der Waals surface area contributed by atoms with Crippen molar-refractivity contribution in [1.29, 1.82) is 5.26 Å². The summed E-state index contributed by atoms with van der Waals surface area (Å²) in [6.07, 6.45) is 1.49. The standard InChI is InChI=1S/C9H7ClN6/c1-5-2-6(3-11)14-9(13-5)16-4-7(10)8(12)15-16/h2,4H,1H3,(H2,12,15). The quantitative estimate of drug-likeness (QED) is 0.797. The molecule has 0 fully saturated rings. The Morgan fingerprint density at radius 2 is 2.25 bits per heavy atom. The molecule has 2 aromatic rings. The second-order valence-corrected chi connectivity index (χ2v) is 3.52. The number of nitrogen functional groups attached to an aromatic ring is 1. The molecule has 0 atom stereocenters. The molecule has 7 heteroatoms. The molecule has 0 bridgehead atoms. The van der Waals surface area contributed by atoms with Gasteiger partial charge in [0.15, 0.2) is 5.82 Å². The van der Waals surface area contributed by atoms with Gasteiger partial charge in [0.2, 0.25) is 0 Å². The van der Waals surface area contributed by atoms with Crippen molar-refractivity contribution < 1.29 is 0 Å². The molecule has 2 aromatic heterocycles. The number of hydrogen-bond acceptors (Lipinski definition) is 5. The van der Waals surface area contributed by atoms with Crippen LogP contribution in [0.15, 0.2) is 12.3 Å². The SMILES string of the molecule is Cc1cc(C#N)nc(-n2cc(Cl)c(N)n2)n1. The maximum absolute atomic E-state index is 8.77. The van der Waals surface area contributed by atoms with Gasteiger partial charge in [-0.2, -0.15) is 5.26 Å². The molecule has 0 aliphatic heterocycles. The molecule has 0 aliphatic rings. The van der Waals surface area contributed by atoms with Crippen molar-refractivity contribution in [1.82, 2.24) is 19.7 Å². The topological polar surface area (TPSA) is 93.4 Å². The minimum atomic E-state index is 0.199. The van der Waals surface area contributed by atoms with E-state index in [1.807, 2.05) is 6.07 Å². The Morgan fingerprint density at radius 3 is 2.81 bits per heavy atom. The highest BCUT2D eigenvalue weighted by atomic mass is 35.5. The van der Waals surface area contributed by atoms with Crippen LogP contribution in [0.5, 0.6) is 0 Å². The highest BCUT2D eigenvalue weighted by Gasteiger charge is 2.08. The molecule has 0 aliphatic carbocycles. The van der Waals surface area contributed by atoms with Crippen LogP contribution in [0.4, 0.5) is 5.82 Å². The number of nitriles is 1. The van der Waals surface area contributed by atoms with Crippen LogP contribution in [0, 0.1) is 18.3 Å². The van der Waals surface area contributed by atoms with Gasteiger partial charge in [-0.25, -0.2) is 14.6 Å². The third kappa shape index (κ3) is 1.81. The second kappa shape index (κ2) is 3.79. The number of aromatic nitrogens is 4. The smallest absolute Gasteiger partial charge is 0.252 e. The molecular weight excluding hydrogens is 228 g/mol. The Balaban J connectivity index is 2.56. The number of anilines is 1. The number of nitrogens with two attached hydrogens (primary N) is 1. The van der Waals surface area contributed by atoms with Gasteiger partial charge in [-0.15, -0.1) is 5.10 Å². The van der Waals surface area contributed by atoms with Crippen molar-refractivity contribution in [3.63, 3.8) is 0 Å². The van der Waals surface area contributed by atoms with Crippen LogP contribution >= 0.6 is 11.6 Å². The molecule has 0 spiro atoms. The zero-order valence-electron chi connectivity index (χ0n) is 8.35. The first-order valence-electron chi connectivity index (χ1n) is 4.37. The first-order valence-corrected chi connectivity index (χ1v) is 4.75. The number of hydrogen-bond donors (Lipinski definition) is 1. The Bertz CT molecular complexity index is 563. The summed E-state index contributed by atoms with van der Waals surface area (Å²) in [5.41, 5.74) is 6.45. The fourth-order valence-electron chi connectivity index (χ4n) is 1.18. The highest BCUT2D eigenvalue weighted by molar-refractivity contribution is 6.32. The molecule has 2 rings (SSSR count). The predicted octanol–water partition coefficient (Wildman–Crippen LogP) is 1.08. The van der Waals surface area contributed by atoms with Crippen LogP contribution in [-0.2, 0) is 0 Å². The maximum Gasteiger partial charge on any atom is 0.252 e. The van der Waals surface area contributed by atoms with Crippen LogP contribution in [0.2, 0.25) is 5.02 Å². The van der Waals surface area contributed by atoms with Gasteiger partial charge in [0.1, 0.15) is 16.8 Å². The summed E-state index contributed by atoms with van der Waals surface area (Å²) >= 11 is 5.76. The highest BCUT2D eigenvalue weighted by Crippen LogP contribution is 2.17. The molecule has 2 N–H and O–H groups in total. The van der Waals surface area contributed by atoms with Gasteiger partial charge in [-0.05, 0) is 13.0 Å². The lowest BCUT2D eigenvalue weighted by molar-refractivity contribution is 0.802. The molecular formula is C9H7ClN6. The molecule has 0 radical (unpaired) electrons. The Hall–Kier alpha value is -2.13. The molecule has 0 saturated carbocycles. The van der Waals surface area contributed by atoms with Crippen LogP contribution in [0.1, 0.15) is 11.4 Å². The zero-order valence-corrected chi connectivity index (χ0v) is 9.10. The van der Waals surface area contributed by atoms with E-state index < -0.39 is 0 Å². The van der Waals surface area contributed by atoms with Crippen LogP contribution in [0.25, 0.3) is 5.95 Å². The van der Waals surface area contributed by atoms with Crippen molar-refractivity contribution in [2.75, 3.05) is 5.73 Å². The average molecular weight is 235 g/mol. The average Bonchev–Trinajstić information content (AvgIpc) is 2.58. The van der Waals surface area contributed by atoms with Gasteiger partial charge in [0.05, 0.1) is 6.20 Å². The third-order valence-electron chi connectivity index (χ3n) is 1.86. The summed E-state index contributed by atoms with van der Waals surface area (Å²) in [5.74, 6) is 0.473. The Labute approximate surface area is 96.3 Å². The number of rotatable bonds is 1. The Kier molecular flexibility index (Phi) is 2.46. The lowest BCUT2D eigenvalue weighted by atomic mass is 10.3. The van der Waals surface area contributed by atoms with E-state index in [9.17, 15) is 0 Å². The van der Waals surface area contributed by atoms with Crippen molar-refractivity contribution >= 4 is 17.4 Å². The third-order valence-corrected chi connectivity index (χ3v) is 2.15. The van der Waals surface area contributed by atoms with E-state index in [2.05, 4.69) is 15.1 Å². The molecule has 16 heavy (non-hydrogen) atoms. The van der Waals surface area contributed by atoms with Gasteiger partial charge >= 0.3 is 0 Å². The maximum atomic E-state index is 8.77. The van der Waals surface area contributed by atoms with Crippen LogP contribution in [-0.4, -0.2) is 19.7 Å². The van der Waals surface area contributed by atoms with Crippen molar-refractivity contribution in [2.45, 2.75) is 6.92 Å². The molecule has 0 aromatic carbocycles. The minimum absolute atomic E-state index is 0.199. The predicted molar refractivity (Wildman–Crippen MR) is 58.0 cm³/mol. The molecule has 2 heterocycles. The zero-order chi connectivity index (χ0) is 11.7. The van der Waals surface area contributed by atoms with Gasteiger partial charge in [-0.1, -0.05) is 11.6 Å². The summed E-state index contributed by atoms with van der Waals surface area (Å²) in [5, 5.41) is 13.0. The van der Waals surface area contributed by atoms with Gasteiger partial charge in [0, 0.05) is 5.69 Å². The lowest BCUT2D eigenvalue weighted by Gasteiger charge is -2.00. The normalized spacial score (nSPS) is 10.1. The summed E-state index contributed by atoms with van der Waals surface area (Å²) < 4.78 is 1.34. The van der Waals surface area contributed by atoms with E-state index >= 15 is 0 Å². The summed E-state index contributed by atoms with van der Waals surface area (Å²) in [7, 11) is 0. The van der Waals surface area contributed by atoms with Crippen molar-refractivity contribution in [2.24, 2.45) is 0 Å². The van der Waals surface area contributed by atoms with Gasteiger partial charge in [0.25, 0.3) is 5.95 Å². The fraction of sp³-hybridized carbons (Fsp3) is 0.111. The largest absolute Gasteiger partial charge is 0.381 e. The van der Waals surface area contributed by atoms with Crippen LogP contribution in [0.3, 0.4) is 0 Å². The molecule has 0 saturated heterocycles.